The van der Waals surface area contributed by atoms with E-state index in [1.165, 1.54) is 0 Å². The molecule has 0 aliphatic rings. The van der Waals surface area contributed by atoms with Crippen LogP contribution >= 0.6 is 0 Å². The average molecular weight is 234 g/mol. The predicted molar refractivity (Wildman–Crippen MR) is 58.1 cm³/mol. The molecule has 0 atom stereocenters. The van der Waals surface area contributed by atoms with E-state index in [1.54, 1.807) is 13.8 Å². The van der Waals surface area contributed by atoms with Crippen molar-refractivity contribution in [3.05, 3.63) is 0 Å². The van der Waals surface area contributed by atoms with Gasteiger partial charge in [-0.3, -0.25) is 4.89 Å². The van der Waals surface area contributed by atoms with E-state index >= 15 is 0 Å². The van der Waals surface area contributed by atoms with E-state index in [0.29, 0.717) is 19.3 Å². The SMILES string of the molecule is CCC(CC)C(=O)OOOC(C)(C)CCO. The Morgan fingerprint density at radius 2 is 1.88 bits per heavy atom. The van der Waals surface area contributed by atoms with Gasteiger partial charge in [0.2, 0.25) is 0 Å². The lowest BCUT2D eigenvalue weighted by Crippen LogP contribution is -2.27. The Labute approximate surface area is 96.5 Å². The maximum Gasteiger partial charge on any atom is 0.348 e. The molecule has 0 unspecified atom stereocenters. The Kier molecular flexibility index (Phi) is 7.29. The van der Waals surface area contributed by atoms with Gasteiger partial charge in [-0.2, -0.15) is 4.89 Å². The summed E-state index contributed by atoms with van der Waals surface area (Å²) in [4.78, 5) is 20.8. The van der Waals surface area contributed by atoms with E-state index in [1.807, 2.05) is 13.8 Å². The van der Waals surface area contributed by atoms with Gasteiger partial charge in [0, 0.05) is 13.0 Å². The van der Waals surface area contributed by atoms with Crippen LogP contribution in [0.3, 0.4) is 0 Å². The summed E-state index contributed by atoms with van der Waals surface area (Å²) in [6.07, 6.45) is 1.81. The number of hydrogen-bond donors (Lipinski definition) is 1. The molecule has 0 aromatic carbocycles. The second-order valence-corrected chi connectivity index (χ2v) is 4.30. The molecule has 0 saturated carbocycles. The van der Waals surface area contributed by atoms with E-state index in [4.69, 9.17) is 9.99 Å². The zero-order chi connectivity index (χ0) is 12.6. The fourth-order valence-corrected chi connectivity index (χ4v) is 1.14. The van der Waals surface area contributed by atoms with Crippen molar-refractivity contribution in [2.75, 3.05) is 6.61 Å². The molecule has 5 nitrogen and oxygen atoms in total. The smallest absolute Gasteiger partial charge is 0.348 e. The van der Waals surface area contributed by atoms with Crippen LogP contribution in [0.15, 0.2) is 0 Å². The first kappa shape index (κ1) is 15.3. The molecule has 0 radical (unpaired) electrons. The lowest BCUT2D eigenvalue weighted by molar-refractivity contribution is -0.518. The summed E-state index contributed by atoms with van der Waals surface area (Å²) >= 11 is 0. The van der Waals surface area contributed by atoms with Crippen LogP contribution in [0.1, 0.15) is 47.0 Å². The van der Waals surface area contributed by atoms with Crippen molar-refractivity contribution in [1.82, 2.24) is 0 Å². The van der Waals surface area contributed by atoms with Crippen LogP contribution in [-0.2, 0) is 19.6 Å². The van der Waals surface area contributed by atoms with Crippen molar-refractivity contribution in [2.45, 2.75) is 52.6 Å². The first-order valence-corrected chi connectivity index (χ1v) is 5.63. The molecule has 0 amide bonds. The Balaban J connectivity index is 3.85. The maximum absolute atomic E-state index is 11.4. The number of aliphatic hydroxyl groups is 1. The normalized spacial score (nSPS) is 11.9. The highest BCUT2D eigenvalue weighted by Crippen LogP contribution is 2.15. The van der Waals surface area contributed by atoms with Crippen molar-refractivity contribution in [1.29, 1.82) is 0 Å². The highest BCUT2D eigenvalue weighted by molar-refractivity contribution is 5.71. The van der Waals surface area contributed by atoms with Gasteiger partial charge in [0.25, 0.3) is 0 Å². The second-order valence-electron chi connectivity index (χ2n) is 4.30. The number of carbonyl (C=O) groups excluding carboxylic acids is 1. The molecule has 0 aliphatic heterocycles. The molecule has 96 valence electrons. The van der Waals surface area contributed by atoms with E-state index in [-0.39, 0.29) is 12.5 Å². The predicted octanol–water partition coefficient (Wildman–Crippen LogP) is 1.99. The van der Waals surface area contributed by atoms with Gasteiger partial charge in [-0.05, 0) is 31.7 Å². The highest BCUT2D eigenvalue weighted by atomic mass is 17.5. The van der Waals surface area contributed by atoms with E-state index in [9.17, 15) is 4.79 Å². The fourth-order valence-electron chi connectivity index (χ4n) is 1.14. The van der Waals surface area contributed by atoms with E-state index < -0.39 is 11.6 Å². The van der Waals surface area contributed by atoms with Gasteiger partial charge in [0.1, 0.15) is 5.60 Å². The topological polar surface area (TPSA) is 65.0 Å². The number of aliphatic hydroxyl groups excluding tert-OH is 1. The van der Waals surface area contributed by atoms with Gasteiger partial charge >= 0.3 is 5.97 Å². The monoisotopic (exact) mass is 234 g/mol. The summed E-state index contributed by atoms with van der Waals surface area (Å²) in [5.41, 5.74) is -0.678. The van der Waals surface area contributed by atoms with Gasteiger partial charge in [0.05, 0.1) is 5.92 Å². The molecule has 0 aliphatic carbocycles. The minimum atomic E-state index is -0.678. The van der Waals surface area contributed by atoms with E-state index in [0.717, 1.165) is 0 Å². The Hall–Kier alpha value is -0.650. The molecular weight excluding hydrogens is 212 g/mol. The zero-order valence-corrected chi connectivity index (χ0v) is 10.5. The van der Waals surface area contributed by atoms with Gasteiger partial charge in [-0.25, -0.2) is 4.79 Å². The third kappa shape index (κ3) is 6.05. The number of carbonyl (C=O) groups is 1. The Morgan fingerprint density at radius 3 is 2.31 bits per heavy atom. The molecule has 1 N–H and O–H groups in total. The maximum atomic E-state index is 11.4. The van der Waals surface area contributed by atoms with Crippen LogP contribution in [0, 0.1) is 5.92 Å². The lowest BCUT2D eigenvalue weighted by atomic mass is 10.0. The lowest BCUT2D eigenvalue weighted by Gasteiger charge is -2.21. The Bertz CT molecular complexity index is 199. The van der Waals surface area contributed by atoms with Crippen molar-refractivity contribution >= 4 is 5.97 Å². The van der Waals surface area contributed by atoms with E-state index in [2.05, 4.69) is 9.93 Å². The van der Waals surface area contributed by atoms with Gasteiger partial charge < -0.3 is 5.11 Å². The molecule has 0 heterocycles. The summed E-state index contributed by atoms with van der Waals surface area (Å²) < 4.78 is 0. The third-order valence-corrected chi connectivity index (χ3v) is 2.41. The van der Waals surface area contributed by atoms with Crippen LogP contribution in [0.2, 0.25) is 0 Å². The zero-order valence-electron chi connectivity index (χ0n) is 10.5. The van der Waals surface area contributed by atoms with Crippen LogP contribution in [0.25, 0.3) is 0 Å². The van der Waals surface area contributed by atoms with Gasteiger partial charge in [0.15, 0.2) is 0 Å². The minimum absolute atomic E-state index is 0.0170. The van der Waals surface area contributed by atoms with Gasteiger partial charge in [-0.1, -0.05) is 13.8 Å². The van der Waals surface area contributed by atoms with Gasteiger partial charge in [-0.15, -0.1) is 0 Å². The van der Waals surface area contributed by atoms with Crippen LogP contribution in [0.5, 0.6) is 0 Å². The fraction of sp³-hybridized carbons (Fsp3) is 0.909. The minimum Gasteiger partial charge on any atom is -0.396 e. The molecule has 0 bridgehead atoms. The molecule has 0 aromatic rings. The molecule has 0 rings (SSSR count). The summed E-state index contributed by atoms with van der Waals surface area (Å²) in [5, 5.41) is 13.2. The van der Waals surface area contributed by atoms with Crippen molar-refractivity contribution in [2.24, 2.45) is 5.92 Å². The molecule has 16 heavy (non-hydrogen) atoms. The van der Waals surface area contributed by atoms with Crippen molar-refractivity contribution < 1.29 is 24.7 Å². The van der Waals surface area contributed by atoms with Crippen LogP contribution < -0.4 is 0 Å². The molecule has 0 fully saturated rings. The first-order chi connectivity index (χ1) is 7.46. The number of hydrogen-bond acceptors (Lipinski definition) is 5. The standard InChI is InChI=1S/C11H22O5/c1-5-9(6-2)10(13)14-16-15-11(3,4)7-8-12/h9,12H,5-8H2,1-4H3. The molecule has 0 aromatic heterocycles. The summed E-state index contributed by atoms with van der Waals surface area (Å²) in [6.45, 7) is 7.26. The highest BCUT2D eigenvalue weighted by Gasteiger charge is 2.22. The summed E-state index contributed by atoms with van der Waals surface area (Å²) in [7, 11) is 0. The second kappa shape index (κ2) is 7.60. The largest absolute Gasteiger partial charge is 0.396 e. The molecular formula is C11H22O5. The van der Waals surface area contributed by atoms with Crippen LogP contribution in [-0.4, -0.2) is 23.3 Å². The van der Waals surface area contributed by atoms with Crippen molar-refractivity contribution in [3.8, 4) is 0 Å². The summed E-state index contributed by atoms with van der Waals surface area (Å²) in [6, 6.07) is 0. The third-order valence-electron chi connectivity index (χ3n) is 2.41. The summed E-state index contributed by atoms with van der Waals surface area (Å²) in [5.74, 6) is -0.589. The van der Waals surface area contributed by atoms with Crippen molar-refractivity contribution in [3.63, 3.8) is 0 Å². The Morgan fingerprint density at radius 1 is 1.31 bits per heavy atom. The average Bonchev–Trinajstić information content (AvgIpc) is 2.19. The quantitative estimate of drug-likeness (QED) is 0.514. The molecule has 0 spiro atoms. The molecule has 5 heteroatoms. The molecule has 0 saturated heterocycles. The van der Waals surface area contributed by atoms with Crippen LogP contribution in [0.4, 0.5) is 0 Å². The number of rotatable bonds is 8. The first-order valence-electron chi connectivity index (χ1n) is 5.63.